The highest BCUT2D eigenvalue weighted by atomic mass is 35.5. The third-order valence-electron chi connectivity index (χ3n) is 6.47. The number of nitrogens with zero attached hydrogens (tertiary/aromatic N) is 3. The molecule has 8 nitrogen and oxygen atoms in total. The molecule has 36 heavy (non-hydrogen) atoms. The number of likely N-dealkylation sites (tertiary alicyclic amines) is 1. The molecule has 0 amide bonds. The summed E-state index contributed by atoms with van der Waals surface area (Å²) in [6, 6.07) is 13.5. The molecule has 0 saturated carbocycles. The van der Waals surface area contributed by atoms with Crippen LogP contribution in [0.2, 0.25) is 5.02 Å². The average Bonchev–Trinajstić information content (AvgIpc) is 3.51. The molecule has 0 radical (unpaired) electrons. The predicted octanol–water partition coefficient (Wildman–Crippen LogP) is 5.46. The number of aryl methyl sites for hydroxylation is 1. The maximum Gasteiger partial charge on any atom is 0.283 e. The van der Waals surface area contributed by atoms with E-state index < -0.39 is 6.10 Å². The summed E-state index contributed by atoms with van der Waals surface area (Å²) in [4.78, 5) is 2.29. The third-order valence-corrected chi connectivity index (χ3v) is 6.77. The Morgan fingerprint density at radius 2 is 1.92 bits per heavy atom. The lowest BCUT2D eigenvalue weighted by atomic mass is 9.89. The van der Waals surface area contributed by atoms with E-state index in [1.165, 1.54) is 5.56 Å². The Hall–Kier alpha value is -3.07. The maximum atomic E-state index is 10.7. The summed E-state index contributed by atoms with van der Waals surface area (Å²) >= 11 is 6.38. The molecule has 2 aromatic heterocycles. The van der Waals surface area contributed by atoms with Crippen molar-refractivity contribution in [2.75, 3.05) is 32.8 Å². The van der Waals surface area contributed by atoms with Crippen molar-refractivity contribution in [3.8, 4) is 23.1 Å². The van der Waals surface area contributed by atoms with Gasteiger partial charge in [-0.1, -0.05) is 23.7 Å². The summed E-state index contributed by atoms with van der Waals surface area (Å²) in [6.07, 6.45) is 1.43. The summed E-state index contributed by atoms with van der Waals surface area (Å²) in [5, 5.41) is 20.0. The number of ether oxygens (including phenoxy) is 2. The van der Waals surface area contributed by atoms with Gasteiger partial charge in [-0.25, -0.2) is 0 Å². The number of aromatic nitrogens is 2. The van der Waals surface area contributed by atoms with Gasteiger partial charge in [0.25, 0.3) is 5.89 Å². The normalized spacial score (nSPS) is 15.9. The highest BCUT2D eigenvalue weighted by Gasteiger charge is 2.23. The summed E-state index contributed by atoms with van der Waals surface area (Å²) in [7, 11) is 0. The van der Waals surface area contributed by atoms with Crippen molar-refractivity contribution in [2.24, 2.45) is 0 Å². The lowest BCUT2D eigenvalue weighted by molar-refractivity contribution is 0.0599. The Morgan fingerprint density at radius 1 is 1.08 bits per heavy atom. The molecular weight excluding hydrogens is 482 g/mol. The zero-order chi connectivity index (χ0) is 25.1. The molecule has 190 valence electrons. The first-order chi connectivity index (χ1) is 17.5. The minimum atomic E-state index is -0.610. The van der Waals surface area contributed by atoms with Gasteiger partial charge in [0.15, 0.2) is 5.76 Å². The Bertz CT molecular complexity index is 1310. The molecule has 3 heterocycles. The molecule has 1 fully saturated rings. The lowest BCUT2D eigenvalue weighted by Crippen LogP contribution is -2.40. The number of hydrogen-bond acceptors (Lipinski definition) is 8. The van der Waals surface area contributed by atoms with Gasteiger partial charge >= 0.3 is 0 Å². The minimum Gasteiger partial charge on any atom is -0.492 e. The summed E-state index contributed by atoms with van der Waals surface area (Å²) in [5.74, 6) is 3.11. The van der Waals surface area contributed by atoms with Gasteiger partial charge in [0.05, 0.1) is 17.0 Å². The molecule has 2 aromatic carbocycles. The van der Waals surface area contributed by atoms with Crippen LogP contribution in [0, 0.1) is 6.92 Å². The second-order valence-electron chi connectivity index (χ2n) is 9.07. The van der Waals surface area contributed by atoms with Gasteiger partial charge in [0.2, 0.25) is 5.89 Å². The lowest BCUT2D eigenvalue weighted by Gasteiger charge is -2.33. The van der Waals surface area contributed by atoms with Crippen LogP contribution in [0.3, 0.4) is 0 Å². The maximum absolute atomic E-state index is 10.7. The first-order valence-corrected chi connectivity index (χ1v) is 12.7. The zero-order valence-corrected chi connectivity index (χ0v) is 21.2. The number of hydrogen-bond donors (Lipinski definition) is 1. The topological polar surface area (TPSA) is 94.0 Å². The standard InChI is InChI=1S/C27H30ClN3O5/c1-3-33-25-8-7-19(13-22(25)28)18-9-11-31(12-10-18)15-20(32)16-34-23-5-4-6-24-21(23)14-26(36-24)27-30-29-17(2)35-27/h4-8,13-14,18,20,32H,3,9-12,15-16H2,1-2H3/t20-/m0/s1. The molecule has 1 atom stereocenters. The summed E-state index contributed by atoms with van der Waals surface area (Å²) < 4.78 is 22.8. The van der Waals surface area contributed by atoms with Gasteiger partial charge in [-0.2, -0.15) is 0 Å². The number of aliphatic hydroxyl groups excluding tert-OH is 1. The Kier molecular flexibility index (Phi) is 7.46. The van der Waals surface area contributed by atoms with Gasteiger partial charge in [0, 0.05) is 19.5 Å². The highest BCUT2D eigenvalue weighted by molar-refractivity contribution is 6.32. The van der Waals surface area contributed by atoms with Crippen molar-refractivity contribution >= 4 is 22.6 Å². The number of β-amino-alcohol motifs (C(OH)–C–C–N with tert-alkyl or cyclic N) is 1. The van der Waals surface area contributed by atoms with Crippen molar-refractivity contribution in [1.82, 2.24) is 15.1 Å². The number of aliphatic hydroxyl groups is 1. The van der Waals surface area contributed by atoms with Crippen molar-refractivity contribution in [1.29, 1.82) is 0 Å². The van der Waals surface area contributed by atoms with Crippen molar-refractivity contribution in [2.45, 2.75) is 38.7 Å². The number of halogens is 1. The second kappa shape index (κ2) is 10.9. The van der Waals surface area contributed by atoms with E-state index in [0.29, 0.717) is 53.0 Å². The van der Waals surface area contributed by atoms with Crippen molar-refractivity contribution in [3.63, 3.8) is 0 Å². The van der Waals surface area contributed by atoms with Crippen molar-refractivity contribution < 1.29 is 23.4 Å². The molecular formula is C27H30ClN3O5. The quantitative estimate of drug-likeness (QED) is 0.316. The SMILES string of the molecule is CCOc1ccc(C2CCN(C[C@H](O)COc3cccc4oc(-c5nnc(C)o5)cc34)CC2)cc1Cl. The third kappa shape index (κ3) is 5.51. The molecule has 1 saturated heterocycles. The van der Waals surface area contributed by atoms with Crippen LogP contribution in [-0.4, -0.2) is 59.2 Å². The molecule has 1 N–H and O–H groups in total. The fourth-order valence-corrected chi connectivity index (χ4v) is 4.93. The fraction of sp³-hybridized carbons (Fsp3) is 0.407. The first kappa shape index (κ1) is 24.6. The van der Waals surface area contributed by atoms with Crippen LogP contribution in [0.15, 0.2) is 51.3 Å². The molecule has 4 aromatic rings. The predicted molar refractivity (Wildman–Crippen MR) is 137 cm³/mol. The molecule has 1 aliphatic heterocycles. The molecule has 0 unspecified atom stereocenters. The van der Waals surface area contributed by atoms with E-state index >= 15 is 0 Å². The molecule has 0 spiro atoms. The number of furan rings is 1. The Labute approximate surface area is 214 Å². The molecule has 0 bridgehead atoms. The van der Waals surface area contributed by atoms with Crippen LogP contribution in [-0.2, 0) is 0 Å². The van der Waals surface area contributed by atoms with Crippen LogP contribution in [0.4, 0.5) is 0 Å². The smallest absolute Gasteiger partial charge is 0.283 e. The van der Waals surface area contributed by atoms with Crippen LogP contribution in [0.5, 0.6) is 11.5 Å². The highest BCUT2D eigenvalue weighted by Crippen LogP contribution is 2.34. The van der Waals surface area contributed by atoms with Crippen LogP contribution in [0.1, 0.15) is 37.1 Å². The van der Waals surface area contributed by atoms with Crippen molar-refractivity contribution in [3.05, 3.63) is 58.9 Å². The molecule has 0 aliphatic carbocycles. The zero-order valence-electron chi connectivity index (χ0n) is 20.4. The van der Waals surface area contributed by atoms with Gasteiger partial charge in [0.1, 0.15) is 29.8 Å². The monoisotopic (exact) mass is 511 g/mol. The number of piperidine rings is 1. The van der Waals surface area contributed by atoms with Crippen LogP contribution in [0.25, 0.3) is 22.6 Å². The van der Waals surface area contributed by atoms with E-state index in [2.05, 4.69) is 21.2 Å². The van der Waals surface area contributed by atoms with Gasteiger partial charge < -0.3 is 28.3 Å². The van der Waals surface area contributed by atoms with E-state index in [4.69, 9.17) is 29.9 Å². The van der Waals surface area contributed by atoms with Crippen LogP contribution < -0.4 is 9.47 Å². The number of benzene rings is 2. The van der Waals surface area contributed by atoms with E-state index in [1.54, 1.807) is 6.92 Å². The molecule has 5 rings (SSSR count). The summed E-state index contributed by atoms with van der Waals surface area (Å²) in [6.45, 7) is 6.85. The first-order valence-electron chi connectivity index (χ1n) is 12.3. The number of rotatable bonds is 9. The average molecular weight is 512 g/mol. The molecule has 9 heteroatoms. The molecule has 1 aliphatic rings. The van der Waals surface area contributed by atoms with Gasteiger partial charge in [-0.05, 0) is 68.6 Å². The van der Waals surface area contributed by atoms with E-state index in [9.17, 15) is 5.11 Å². The van der Waals surface area contributed by atoms with Gasteiger partial charge in [-0.15, -0.1) is 10.2 Å². The van der Waals surface area contributed by atoms with E-state index in [1.807, 2.05) is 43.3 Å². The van der Waals surface area contributed by atoms with Crippen LogP contribution >= 0.6 is 11.6 Å². The largest absolute Gasteiger partial charge is 0.492 e. The second-order valence-corrected chi connectivity index (χ2v) is 9.47. The number of fused-ring (bicyclic) bond motifs is 1. The summed E-state index contributed by atoms with van der Waals surface area (Å²) in [5.41, 5.74) is 1.90. The Morgan fingerprint density at radius 3 is 2.64 bits per heavy atom. The van der Waals surface area contributed by atoms with E-state index in [-0.39, 0.29) is 6.61 Å². The minimum absolute atomic E-state index is 0.188. The van der Waals surface area contributed by atoms with Gasteiger partial charge in [-0.3, -0.25) is 0 Å². The fourth-order valence-electron chi connectivity index (χ4n) is 4.69. The Balaban J connectivity index is 1.14. The van der Waals surface area contributed by atoms with E-state index in [0.717, 1.165) is 37.1 Å².